The largest absolute Gasteiger partial charge is 0.325 e. The summed E-state index contributed by atoms with van der Waals surface area (Å²) in [6.45, 7) is 3.55. The Morgan fingerprint density at radius 1 is 1.21 bits per heavy atom. The van der Waals surface area contributed by atoms with Crippen LogP contribution in [0.2, 0.25) is 0 Å². The molecular weight excluding hydrogens is 244 g/mol. The number of carbonyl (C=O) groups is 1. The van der Waals surface area contributed by atoms with Gasteiger partial charge in [0, 0.05) is 12.0 Å². The van der Waals surface area contributed by atoms with Gasteiger partial charge in [-0.1, -0.05) is 38.1 Å². The van der Waals surface area contributed by atoms with Gasteiger partial charge in [-0.2, -0.15) is 0 Å². The van der Waals surface area contributed by atoms with Crippen LogP contribution in [-0.2, 0) is 4.79 Å². The minimum atomic E-state index is -0.437. The molecule has 0 bridgehead atoms. The molecule has 0 aliphatic carbocycles. The number of hydrogen-bond acceptors (Lipinski definition) is 3. The zero-order valence-corrected chi connectivity index (χ0v) is 10.7. The quantitative estimate of drug-likeness (QED) is 0.677. The van der Waals surface area contributed by atoms with Crippen molar-refractivity contribution < 1.29 is 9.72 Å². The molecule has 0 radical (unpaired) electrons. The van der Waals surface area contributed by atoms with Crippen LogP contribution >= 0.6 is 0 Å². The average Bonchev–Trinajstić information content (AvgIpc) is 2.38. The average molecular weight is 258 g/mol. The summed E-state index contributed by atoms with van der Waals surface area (Å²) < 4.78 is 0. The zero-order chi connectivity index (χ0) is 14.0. The first-order valence-electron chi connectivity index (χ1n) is 5.97. The Hall–Kier alpha value is -2.43. The van der Waals surface area contributed by atoms with Gasteiger partial charge in [-0.25, -0.2) is 0 Å². The van der Waals surface area contributed by atoms with Crippen molar-refractivity contribution >= 4 is 28.1 Å². The topological polar surface area (TPSA) is 72.2 Å². The molecule has 0 saturated heterocycles. The van der Waals surface area contributed by atoms with Crippen LogP contribution in [0.5, 0.6) is 0 Å². The lowest BCUT2D eigenvalue weighted by Gasteiger charge is -2.10. The molecule has 0 saturated carbocycles. The number of nitro benzene ring substituents is 1. The lowest BCUT2D eigenvalue weighted by molar-refractivity contribution is -0.383. The van der Waals surface area contributed by atoms with Crippen molar-refractivity contribution in [2.75, 3.05) is 5.32 Å². The Bertz CT molecular complexity index is 645. The molecule has 2 rings (SSSR count). The van der Waals surface area contributed by atoms with Gasteiger partial charge in [0.25, 0.3) is 5.69 Å². The van der Waals surface area contributed by atoms with E-state index in [0.29, 0.717) is 11.1 Å². The summed E-state index contributed by atoms with van der Waals surface area (Å²) in [6.07, 6.45) is 0. The Labute approximate surface area is 110 Å². The number of fused-ring (bicyclic) bond motifs is 1. The first-order chi connectivity index (χ1) is 9.00. The molecule has 5 nitrogen and oxygen atoms in total. The van der Waals surface area contributed by atoms with Crippen LogP contribution in [0.3, 0.4) is 0 Å². The molecule has 0 atom stereocenters. The van der Waals surface area contributed by atoms with E-state index < -0.39 is 4.92 Å². The molecular formula is C14H14N2O3. The second kappa shape index (κ2) is 5.06. The Morgan fingerprint density at radius 2 is 1.84 bits per heavy atom. The number of nitrogens with one attached hydrogen (secondary N) is 1. The Kier molecular flexibility index (Phi) is 3.46. The van der Waals surface area contributed by atoms with Crippen LogP contribution in [-0.4, -0.2) is 10.8 Å². The maximum Gasteiger partial charge on any atom is 0.279 e. The highest BCUT2D eigenvalue weighted by Gasteiger charge is 2.16. The van der Waals surface area contributed by atoms with Crippen molar-refractivity contribution in [3.8, 4) is 0 Å². The van der Waals surface area contributed by atoms with E-state index in [1.165, 1.54) is 6.07 Å². The van der Waals surface area contributed by atoms with E-state index in [4.69, 9.17) is 0 Å². The number of hydrogen-bond donors (Lipinski definition) is 1. The van der Waals surface area contributed by atoms with Crippen LogP contribution in [0.1, 0.15) is 13.8 Å². The predicted octanol–water partition coefficient (Wildman–Crippen LogP) is 3.34. The van der Waals surface area contributed by atoms with Crippen LogP contribution < -0.4 is 5.32 Å². The van der Waals surface area contributed by atoms with Gasteiger partial charge in [-0.05, 0) is 11.5 Å². The third-order valence-electron chi connectivity index (χ3n) is 2.86. The van der Waals surface area contributed by atoms with E-state index in [1.54, 1.807) is 44.2 Å². The number of rotatable bonds is 3. The predicted molar refractivity (Wildman–Crippen MR) is 74.1 cm³/mol. The van der Waals surface area contributed by atoms with Gasteiger partial charge >= 0.3 is 0 Å². The number of carbonyl (C=O) groups excluding carboxylic acids is 1. The summed E-state index contributed by atoms with van der Waals surface area (Å²) in [7, 11) is 0. The number of nitro groups is 1. The van der Waals surface area contributed by atoms with Crippen molar-refractivity contribution in [2.45, 2.75) is 13.8 Å². The van der Waals surface area contributed by atoms with Crippen molar-refractivity contribution in [1.29, 1.82) is 0 Å². The summed E-state index contributed by atoms with van der Waals surface area (Å²) in [5.41, 5.74) is 0.473. The number of nitrogens with zero attached hydrogens (tertiary/aromatic N) is 1. The maximum atomic E-state index is 11.8. The maximum absolute atomic E-state index is 11.8. The normalized spacial score (nSPS) is 10.7. The zero-order valence-electron chi connectivity index (χ0n) is 10.7. The van der Waals surface area contributed by atoms with Crippen LogP contribution in [0.4, 0.5) is 11.4 Å². The standard InChI is InChI=1S/C14H14N2O3/c1-9(2)14(17)15-11-7-3-5-10-6-4-8-12(13(10)11)16(18)19/h3-9H,1-2H3,(H,15,17). The second-order valence-corrected chi connectivity index (χ2v) is 4.58. The molecule has 2 aromatic rings. The van der Waals surface area contributed by atoms with E-state index in [0.717, 1.165) is 5.39 Å². The van der Waals surface area contributed by atoms with Gasteiger partial charge in [0.1, 0.15) is 0 Å². The molecule has 0 aliphatic rings. The van der Waals surface area contributed by atoms with Gasteiger partial charge in [0.05, 0.1) is 16.0 Å². The highest BCUT2D eigenvalue weighted by atomic mass is 16.6. The molecule has 1 N–H and O–H groups in total. The molecule has 0 fully saturated rings. The van der Waals surface area contributed by atoms with Crippen molar-refractivity contribution in [3.63, 3.8) is 0 Å². The minimum Gasteiger partial charge on any atom is -0.325 e. The monoisotopic (exact) mass is 258 g/mol. The highest BCUT2D eigenvalue weighted by Crippen LogP contribution is 2.32. The number of non-ortho nitro benzene ring substituents is 1. The summed E-state index contributed by atoms with van der Waals surface area (Å²) in [4.78, 5) is 22.4. The van der Waals surface area contributed by atoms with E-state index in [2.05, 4.69) is 5.32 Å². The number of amides is 1. The molecule has 0 aromatic heterocycles. The Morgan fingerprint density at radius 3 is 2.42 bits per heavy atom. The molecule has 5 heteroatoms. The first-order valence-corrected chi connectivity index (χ1v) is 5.97. The van der Waals surface area contributed by atoms with Crippen LogP contribution in [0.15, 0.2) is 36.4 Å². The molecule has 2 aromatic carbocycles. The highest BCUT2D eigenvalue weighted by molar-refractivity contribution is 6.06. The molecule has 0 heterocycles. The SMILES string of the molecule is CC(C)C(=O)Nc1cccc2cccc([N+](=O)[O-])c12. The molecule has 0 unspecified atom stereocenters. The van der Waals surface area contributed by atoms with Crippen molar-refractivity contribution in [2.24, 2.45) is 5.92 Å². The lowest BCUT2D eigenvalue weighted by atomic mass is 10.1. The fraction of sp³-hybridized carbons (Fsp3) is 0.214. The third-order valence-corrected chi connectivity index (χ3v) is 2.86. The second-order valence-electron chi connectivity index (χ2n) is 4.58. The van der Waals surface area contributed by atoms with Gasteiger partial charge in [-0.15, -0.1) is 0 Å². The van der Waals surface area contributed by atoms with E-state index in [-0.39, 0.29) is 17.5 Å². The summed E-state index contributed by atoms with van der Waals surface area (Å²) in [5, 5.41) is 15.0. The number of anilines is 1. The fourth-order valence-electron chi connectivity index (χ4n) is 1.85. The summed E-state index contributed by atoms with van der Waals surface area (Å²) in [5.74, 6) is -0.344. The van der Waals surface area contributed by atoms with Gasteiger partial charge in [0.15, 0.2) is 0 Å². The third kappa shape index (κ3) is 2.54. The van der Waals surface area contributed by atoms with E-state index in [9.17, 15) is 14.9 Å². The molecule has 0 aliphatic heterocycles. The molecule has 98 valence electrons. The van der Waals surface area contributed by atoms with Crippen LogP contribution in [0.25, 0.3) is 10.8 Å². The smallest absolute Gasteiger partial charge is 0.279 e. The Balaban J connectivity index is 2.61. The minimum absolute atomic E-state index is 0.00263. The van der Waals surface area contributed by atoms with Gasteiger partial charge in [0.2, 0.25) is 5.91 Å². The summed E-state index contributed by atoms with van der Waals surface area (Å²) in [6, 6.07) is 10.1. The van der Waals surface area contributed by atoms with Gasteiger partial charge in [-0.3, -0.25) is 14.9 Å². The van der Waals surface area contributed by atoms with Crippen LogP contribution in [0, 0.1) is 16.0 Å². The molecule has 19 heavy (non-hydrogen) atoms. The summed E-state index contributed by atoms with van der Waals surface area (Å²) >= 11 is 0. The molecule has 1 amide bonds. The molecule has 0 spiro atoms. The fourth-order valence-corrected chi connectivity index (χ4v) is 1.85. The lowest BCUT2D eigenvalue weighted by Crippen LogP contribution is -2.18. The number of benzene rings is 2. The van der Waals surface area contributed by atoms with Crippen molar-refractivity contribution in [1.82, 2.24) is 0 Å². The van der Waals surface area contributed by atoms with Gasteiger partial charge < -0.3 is 5.32 Å². The van der Waals surface area contributed by atoms with E-state index in [1.807, 2.05) is 0 Å². The van der Waals surface area contributed by atoms with Crippen molar-refractivity contribution in [3.05, 3.63) is 46.5 Å². The first kappa shape index (κ1) is 13.0. The van der Waals surface area contributed by atoms with E-state index >= 15 is 0 Å².